The van der Waals surface area contributed by atoms with Gasteiger partial charge < -0.3 is 5.11 Å². The molecule has 0 radical (unpaired) electrons. The number of aromatic carboxylic acids is 1. The van der Waals surface area contributed by atoms with Crippen molar-refractivity contribution in [2.75, 3.05) is 0 Å². The van der Waals surface area contributed by atoms with Gasteiger partial charge in [0, 0.05) is 0 Å². The minimum absolute atomic E-state index is 0.185. The van der Waals surface area contributed by atoms with Gasteiger partial charge in [-0.05, 0) is 55.4 Å². The van der Waals surface area contributed by atoms with E-state index in [2.05, 4.69) is 0 Å². The number of benzene rings is 1. The van der Waals surface area contributed by atoms with E-state index in [4.69, 9.17) is 5.11 Å². The summed E-state index contributed by atoms with van der Waals surface area (Å²) in [6, 6.07) is 1.50. The number of rotatable bonds is 1. The maximum absolute atomic E-state index is 13.5. The number of hydrogen-bond donors (Lipinski definition) is 1. The molecule has 0 spiro atoms. The van der Waals surface area contributed by atoms with Crippen molar-refractivity contribution in [3.63, 3.8) is 0 Å². The predicted molar refractivity (Wildman–Crippen MR) is 54.7 cm³/mol. The van der Waals surface area contributed by atoms with Crippen LogP contribution in [0, 0.1) is 12.7 Å². The molecule has 0 amide bonds. The second-order valence-corrected chi connectivity index (χ2v) is 4.01. The molecular formula is C12H13FO2. The zero-order valence-electron chi connectivity index (χ0n) is 8.64. The zero-order valence-corrected chi connectivity index (χ0v) is 8.64. The van der Waals surface area contributed by atoms with Gasteiger partial charge in [-0.15, -0.1) is 0 Å². The van der Waals surface area contributed by atoms with Gasteiger partial charge in [-0.2, -0.15) is 0 Å². The Kier molecular flexibility index (Phi) is 2.47. The molecule has 0 saturated heterocycles. The van der Waals surface area contributed by atoms with E-state index >= 15 is 0 Å². The van der Waals surface area contributed by atoms with E-state index in [0.717, 1.165) is 36.8 Å². The van der Waals surface area contributed by atoms with Crippen molar-refractivity contribution in [2.45, 2.75) is 32.6 Å². The minimum Gasteiger partial charge on any atom is -0.478 e. The van der Waals surface area contributed by atoms with Crippen LogP contribution >= 0.6 is 0 Å². The molecule has 0 unspecified atom stereocenters. The Morgan fingerprint density at radius 3 is 2.73 bits per heavy atom. The first-order chi connectivity index (χ1) is 7.11. The van der Waals surface area contributed by atoms with Crippen molar-refractivity contribution in [3.8, 4) is 0 Å². The highest BCUT2D eigenvalue weighted by atomic mass is 19.1. The highest BCUT2D eigenvalue weighted by Gasteiger charge is 2.22. The van der Waals surface area contributed by atoms with Crippen LogP contribution in [0.5, 0.6) is 0 Å². The molecule has 1 aliphatic rings. The summed E-state index contributed by atoms with van der Waals surface area (Å²) < 4.78 is 13.5. The molecule has 0 fully saturated rings. The van der Waals surface area contributed by atoms with Crippen LogP contribution < -0.4 is 0 Å². The van der Waals surface area contributed by atoms with Crippen LogP contribution in [0.25, 0.3) is 0 Å². The summed E-state index contributed by atoms with van der Waals surface area (Å²) in [5, 5.41) is 9.08. The third-order valence-electron chi connectivity index (χ3n) is 3.06. The molecule has 0 heterocycles. The number of aryl methyl sites for hydroxylation is 1. The lowest BCUT2D eigenvalue weighted by Crippen LogP contribution is -2.13. The van der Waals surface area contributed by atoms with Crippen molar-refractivity contribution in [3.05, 3.63) is 34.1 Å². The molecule has 0 aromatic heterocycles. The summed E-state index contributed by atoms with van der Waals surface area (Å²) in [6.45, 7) is 1.54. The molecule has 3 heteroatoms. The summed E-state index contributed by atoms with van der Waals surface area (Å²) in [5.74, 6) is -1.40. The van der Waals surface area contributed by atoms with E-state index in [1.165, 1.54) is 13.0 Å². The molecule has 0 saturated carbocycles. The molecule has 1 aliphatic carbocycles. The lowest BCUT2D eigenvalue weighted by molar-refractivity contribution is 0.0694. The van der Waals surface area contributed by atoms with E-state index < -0.39 is 11.8 Å². The van der Waals surface area contributed by atoms with E-state index in [1.807, 2.05) is 0 Å². The predicted octanol–water partition coefficient (Wildman–Crippen LogP) is 2.71. The number of fused-ring (bicyclic) bond motifs is 1. The van der Waals surface area contributed by atoms with Gasteiger partial charge in [0.15, 0.2) is 0 Å². The highest BCUT2D eigenvalue weighted by molar-refractivity contribution is 5.91. The van der Waals surface area contributed by atoms with Gasteiger partial charge in [-0.25, -0.2) is 9.18 Å². The third kappa shape index (κ3) is 1.62. The topological polar surface area (TPSA) is 37.3 Å². The van der Waals surface area contributed by atoms with Gasteiger partial charge in [-0.1, -0.05) is 0 Å². The molecule has 2 rings (SSSR count). The molecule has 1 N–H and O–H groups in total. The van der Waals surface area contributed by atoms with Crippen LogP contribution in [0.15, 0.2) is 6.07 Å². The van der Waals surface area contributed by atoms with Crippen LogP contribution in [0.4, 0.5) is 4.39 Å². The molecule has 80 valence electrons. The van der Waals surface area contributed by atoms with E-state index in [0.29, 0.717) is 0 Å². The van der Waals surface area contributed by atoms with Crippen LogP contribution in [-0.2, 0) is 12.8 Å². The average molecular weight is 208 g/mol. The smallest absolute Gasteiger partial charge is 0.336 e. The molecule has 0 atom stereocenters. The molecule has 2 nitrogen and oxygen atoms in total. The van der Waals surface area contributed by atoms with Gasteiger partial charge in [0.05, 0.1) is 5.56 Å². The average Bonchev–Trinajstić information content (AvgIpc) is 2.19. The van der Waals surface area contributed by atoms with Crippen LogP contribution in [0.2, 0.25) is 0 Å². The molecule has 1 aromatic rings. The Bertz CT molecular complexity index is 424. The van der Waals surface area contributed by atoms with Crippen molar-refractivity contribution >= 4 is 5.97 Å². The third-order valence-corrected chi connectivity index (χ3v) is 3.06. The minimum atomic E-state index is -1.01. The monoisotopic (exact) mass is 208 g/mol. The summed E-state index contributed by atoms with van der Waals surface area (Å²) in [4.78, 5) is 11.1. The zero-order chi connectivity index (χ0) is 11.0. The van der Waals surface area contributed by atoms with Gasteiger partial charge in [0.1, 0.15) is 5.82 Å². The van der Waals surface area contributed by atoms with Crippen molar-refractivity contribution in [1.82, 2.24) is 0 Å². The molecule has 1 aromatic carbocycles. The van der Waals surface area contributed by atoms with Gasteiger partial charge >= 0.3 is 5.97 Å². The fourth-order valence-electron chi connectivity index (χ4n) is 2.27. The van der Waals surface area contributed by atoms with Crippen LogP contribution in [0.3, 0.4) is 0 Å². The number of carboxylic acids is 1. The second kappa shape index (κ2) is 3.65. The molecule has 0 aliphatic heterocycles. The highest BCUT2D eigenvalue weighted by Crippen LogP contribution is 2.28. The van der Waals surface area contributed by atoms with E-state index in [9.17, 15) is 9.18 Å². The fraction of sp³-hybridized carbons (Fsp3) is 0.417. The first kappa shape index (κ1) is 10.1. The number of carbonyl (C=O) groups is 1. The number of carboxylic acid groups (broad SMARTS) is 1. The van der Waals surface area contributed by atoms with Crippen molar-refractivity contribution in [2.24, 2.45) is 0 Å². The fourth-order valence-corrected chi connectivity index (χ4v) is 2.27. The SMILES string of the molecule is Cc1c(F)cc2c(c1C(=O)O)CCCC2. The maximum Gasteiger partial charge on any atom is 0.336 e. The molecule has 15 heavy (non-hydrogen) atoms. The Morgan fingerprint density at radius 1 is 1.40 bits per heavy atom. The number of hydrogen-bond acceptors (Lipinski definition) is 1. The summed E-state index contributed by atoms with van der Waals surface area (Å²) in [5.41, 5.74) is 2.17. The van der Waals surface area contributed by atoms with Crippen molar-refractivity contribution < 1.29 is 14.3 Å². The molecule has 0 bridgehead atoms. The first-order valence-corrected chi connectivity index (χ1v) is 5.15. The maximum atomic E-state index is 13.5. The second-order valence-electron chi connectivity index (χ2n) is 4.01. The Hall–Kier alpha value is -1.38. The van der Waals surface area contributed by atoms with Gasteiger partial charge in [-0.3, -0.25) is 0 Å². The van der Waals surface area contributed by atoms with Gasteiger partial charge in [0.2, 0.25) is 0 Å². The quantitative estimate of drug-likeness (QED) is 0.770. The Balaban J connectivity index is 2.68. The standard InChI is InChI=1S/C12H13FO2/c1-7-10(13)6-8-4-2-3-5-9(8)11(7)12(14)15/h6H,2-5H2,1H3,(H,14,15). The lowest BCUT2D eigenvalue weighted by Gasteiger charge is -2.19. The normalized spacial score (nSPS) is 14.8. The van der Waals surface area contributed by atoms with Crippen LogP contribution in [0.1, 0.15) is 39.9 Å². The van der Waals surface area contributed by atoms with E-state index in [-0.39, 0.29) is 11.1 Å². The number of halogens is 1. The Morgan fingerprint density at radius 2 is 2.07 bits per heavy atom. The Labute approximate surface area is 87.7 Å². The summed E-state index contributed by atoms with van der Waals surface area (Å²) in [7, 11) is 0. The summed E-state index contributed by atoms with van der Waals surface area (Å²) >= 11 is 0. The first-order valence-electron chi connectivity index (χ1n) is 5.15. The van der Waals surface area contributed by atoms with Crippen LogP contribution in [-0.4, -0.2) is 11.1 Å². The van der Waals surface area contributed by atoms with Gasteiger partial charge in [0.25, 0.3) is 0 Å². The molecular weight excluding hydrogens is 195 g/mol. The lowest BCUT2D eigenvalue weighted by atomic mass is 9.86. The van der Waals surface area contributed by atoms with E-state index in [1.54, 1.807) is 0 Å². The largest absolute Gasteiger partial charge is 0.478 e. The summed E-state index contributed by atoms with van der Waals surface area (Å²) in [6.07, 6.45) is 3.58. The van der Waals surface area contributed by atoms with Crippen molar-refractivity contribution in [1.29, 1.82) is 0 Å².